The van der Waals surface area contributed by atoms with Gasteiger partial charge in [0, 0.05) is 6.42 Å². The van der Waals surface area contributed by atoms with E-state index in [1.54, 1.807) is 0 Å². The summed E-state index contributed by atoms with van der Waals surface area (Å²) in [6, 6.07) is -0.714. The third-order valence-corrected chi connectivity index (χ3v) is 13.5. The van der Waals surface area contributed by atoms with Crippen LogP contribution < -0.4 is 5.32 Å². The minimum atomic E-state index is -1.55. The summed E-state index contributed by atoms with van der Waals surface area (Å²) in [4.78, 5) is 13.0. The van der Waals surface area contributed by atoms with Gasteiger partial charge in [-0.1, -0.05) is 243 Å². The van der Waals surface area contributed by atoms with Crippen LogP contribution in [0.2, 0.25) is 0 Å². The number of hydrogen-bond donors (Lipinski definition) is 6. The number of hydrogen-bond acceptors (Lipinski definition) is 8. The lowest BCUT2D eigenvalue weighted by Gasteiger charge is -2.40. The van der Waals surface area contributed by atoms with Crippen LogP contribution in [-0.4, -0.2) is 87.5 Å². The zero-order chi connectivity index (χ0) is 48.0. The molecule has 388 valence electrons. The molecule has 0 saturated carbocycles. The molecule has 9 nitrogen and oxygen atoms in total. The van der Waals surface area contributed by atoms with Gasteiger partial charge in [0.2, 0.25) is 5.91 Å². The Hall–Kier alpha value is -1.59. The third kappa shape index (κ3) is 36.4. The van der Waals surface area contributed by atoms with Crippen molar-refractivity contribution < 1.29 is 39.8 Å². The molecule has 0 aliphatic carbocycles. The van der Waals surface area contributed by atoms with Gasteiger partial charge >= 0.3 is 0 Å². The largest absolute Gasteiger partial charge is 0.394 e. The highest BCUT2D eigenvalue weighted by atomic mass is 16.7. The van der Waals surface area contributed by atoms with Crippen molar-refractivity contribution in [3.63, 3.8) is 0 Å². The van der Waals surface area contributed by atoms with Crippen molar-refractivity contribution in [3.05, 3.63) is 36.5 Å². The Morgan fingerprint density at radius 1 is 0.515 bits per heavy atom. The first-order chi connectivity index (χ1) is 32.3. The summed E-state index contributed by atoms with van der Waals surface area (Å²) in [5.74, 6) is -0.144. The summed E-state index contributed by atoms with van der Waals surface area (Å²) < 4.78 is 11.2. The maximum atomic E-state index is 13.0. The van der Waals surface area contributed by atoms with Crippen LogP contribution in [0.5, 0.6) is 0 Å². The lowest BCUT2D eigenvalue weighted by Crippen LogP contribution is -2.60. The summed E-state index contributed by atoms with van der Waals surface area (Å²) in [5.41, 5.74) is 0. The van der Waals surface area contributed by atoms with Crippen molar-refractivity contribution in [2.24, 2.45) is 0 Å². The quantitative estimate of drug-likeness (QED) is 0.0261. The van der Waals surface area contributed by atoms with Crippen LogP contribution in [0.4, 0.5) is 0 Å². The van der Waals surface area contributed by atoms with E-state index < -0.39 is 49.5 Å². The van der Waals surface area contributed by atoms with Gasteiger partial charge in [0.05, 0.1) is 25.4 Å². The average molecular weight is 934 g/mol. The maximum Gasteiger partial charge on any atom is 0.220 e. The second-order valence-electron chi connectivity index (χ2n) is 19.7. The van der Waals surface area contributed by atoms with E-state index in [1.165, 1.54) is 186 Å². The van der Waals surface area contributed by atoms with E-state index in [-0.39, 0.29) is 12.5 Å². The monoisotopic (exact) mass is 934 g/mol. The predicted molar refractivity (Wildman–Crippen MR) is 276 cm³/mol. The average Bonchev–Trinajstić information content (AvgIpc) is 3.32. The number of amides is 1. The molecule has 9 heteroatoms. The maximum absolute atomic E-state index is 13.0. The van der Waals surface area contributed by atoms with Crippen molar-refractivity contribution in [2.75, 3.05) is 13.2 Å². The molecule has 1 aliphatic heterocycles. The van der Waals surface area contributed by atoms with Gasteiger partial charge < -0.3 is 40.3 Å². The zero-order valence-corrected chi connectivity index (χ0v) is 43.0. The number of allylic oxidation sites excluding steroid dienone is 6. The summed E-state index contributed by atoms with van der Waals surface area (Å²) in [5, 5.41) is 54.3. The molecule has 1 amide bonds. The molecule has 0 bridgehead atoms. The molecule has 0 aromatic carbocycles. The van der Waals surface area contributed by atoms with E-state index in [1.807, 2.05) is 0 Å². The molecular weight excluding hydrogens is 827 g/mol. The first kappa shape index (κ1) is 62.4. The van der Waals surface area contributed by atoms with Gasteiger partial charge in [-0.05, 0) is 51.4 Å². The second kappa shape index (κ2) is 47.1. The fraction of sp³-hybridized carbons (Fsp3) is 0.877. The van der Waals surface area contributed by atoms with Crippen LogP contribution >= 0.6 is 0 Å². The lowest BCUT2D eigenvalue weighted by atomic mass is 9.99. The Labute approximate surface area is 406 Å². The second-order valence-corrected chi connectivity index (χ2v) is 19.7. The highest BCUT2D eigenvalue weighted by Gasteiger charge is 2.44. The van der Waals surface area contributed by atoms with Crippen molar-refractivity contribution in [2.45, 2.75) is 307 Å². The van der Waals surface area contributed by atoms with Gasteiger partial charge in [0.15, 0.2) is 6.29 Å². The predicted octanol–water partition coefficient (Wildman–Crippen LogP) is 13.6. The fourth-order valence-electron chi connectivity index (χ4n) is 8.99. The number of aliphatic hydroxyl groups is 5. The molecule has 0 aromatic rings. The molecule has 7 atom stereocenters. The standard InChI is InChI=1S/C57H107NO8/c1-3-5-7-9-11-13-14-15-16-17-18-19-20-21-22-23-24-25-26-27-28-29-30-31-32-33-34-35-36-37-38-39-41-43-45-47-53(61)58-50(51(60)46-44-42-40-12-10-8-6-4-2)49-65-57-56(64)55(63)54(62)52(48-59)66-57/h14-15,17-18,20-21,50-52,54-57,59-60,62-64H,3-13,16,19,22-49H2,1-2H3,(H,58,61)/b15-14-,18-17-,21-20-. The first-order valence-electron chi connectivity index (χ1n) is 28.2. The number of carbonyl (C=O) groups is 1. The molecule has 1 rings (SSSR count). The molecule has 0 aromatic heterocycles. The van der Waals surface area contributed by atoms with Crippen LogP contribution in [0.25, 0.3) is 0 Å². The van der Waals surface area contributed by atoms with Crippen molar-refractivity contribution >= 4 is 5.91 Å². The topological polar surface area (TPSA) is 149 Å². The van der Waals surface area contributed by atoms with Crippen LogP contribution in [0.15, 0.2) is 36.5 Å². The summed E-state index contributed by atoms with van der Waals surface area (Å²) in [6.07, 6.45) is 53.6. The molecule has 0 radical (unpaired) electrons. The summed E-state index contributed by atoms with van der Waals surface area (Å²) >= 11 is 0. The van der Waals surface area contributed by atoms with Gasteiger partial charge in [-0.25, -0.2) is 0 Å². The van der Waals surface area contributed by atoms with E-state index in [2.05, 4.69) is 55.6 Å². The fourth-order valence-corrected chi connectivity index (χ4v) is 8.99. The van der Waals surface area contributed by atoms with Crippen molar-refractivity contribution in [1.82, 2.24) is 5.32 Å². The number of carbonyl (C=O) groups excluding carboxylic acids is 1. The summed E-state index contributed by atoms with van der Waals surface area (Å²) in [6.45, 7) is 3.80. The van der Waals surface area contributed by atoms with Gasteiger partial charge in [0.1, 0.15) is 24.4 Å². The first-order valence-corrected chi connectivity index (χ1v) is 28.2. The van der Waals surface area contributed by atoms with E-state index >= 15 is 0 Å². The van der Waals surface area contributed by atoms with Gasteiger partial charge in [-0.2, -0.15) is 0 Å². The highest BCUT2D eigenvalue weighted by Crippen LogP contribution is 2.23. The van der Waals surface area contributed by atoms with Gasteiger partial charge in [-0.3, -0.25) is 4.79 Å². The van der Waals surface area contributed by atoms with Crippen molar-refractivity contribution in [3.8, 4) is 0 Å². The number of rotatable bonds is 48. The lowest BCUT2D eigenvalue weighted by molar-refractivity contribution is -0.302. The molecule has 0 spiro atoms. The normalized spacial score (nSPS) is 20.0. The van der Waals surface area contributed by atoms with Crippen LogP contribution in [0.1, 0.15) is 264 Å². The third-order valence-electron chi connectivity index (χ3n) is 13.5. The van der Waals surface area contributed by atoms with Crippen LogP contribution in [-0.2, 0) is 14.3 Å². The van der Waals surface area contributed by atoms with E-state index in [0.717, 1.165) is 51.4 Å². The highest BCUT2D eigenvalue weighted by molar-refractivity contribution is 5.76. The molecule has 66 heavy (non-hydrogen) atoms. The molecule has 7 unspecified atom stereocenters. The number of unbranched alkanes of at least 4 members (excludes halogenated alkanes) is 32. The van der Waals surface area contributed by atoms with Crippen LogP contribution in [0, 0.1) is 0 Å². The molecule has 1 saturated heterocycles. The Kier molecular flexibility index (Phi) is 44.6. The Balaban J connectivity index is 2.02. The Bertz CT molecular complexity index is 1130. The number of nitrogens with one attached hydrogen (secondary N) is 1. The van der Waals surface area contributed by atoms with E-state index in [0.29, 0.717) is 12.8 Å². The zero-order valence-electron chi connectivity index (χ0n) is 43.0. The number of aliphatic hydroxyl groups excluding tert-OH is 5. The molecule has 1 fully saturated rings. The SMILES string of the molecule is CCCCCCC/C=C\C/C=C\C/C=C\CCCCCCCCCCCCCCCCCCCCCCC(=O)NC(COC1OC(CO)C(O)C(O)C1O)C(O)CCCCCCCCCC. The summed E-state index contributed by atoms with van der Waals surface area (Å²) in [7, 11) is 0. The minimum absolute atomic E-state index is 0.136. The molecule has 6 N–H and O–H groups in total. The van der Waals surface area contributed by atoms with E-state index in [4.69, 9.17) is 9.47 Å². The van der Waals surface area contributed by atoms with E-state index in [9.17, 15) is 30.3 Å². The molecular formula is C57H107NO8. The Morgan fingerprint density at radius 3 is 1.32 bits per heavy atom. The van der Waals surface area contributed by atoms with Gasteiger partial charge in [-0.15, -0.1) is 0 Å². The molecule has 1 aliphatic rings. The van der Waals surface area contributed by atoms with Crippen LogP contribution in [0.3, 0.4) is 0 Å². The smallest absolute Gasteiger partial charge is 0.220 e. The number of ether oxygens (including phenoxy) is 2. The minimum Gasteiger partial charge on any atom is -0.394 e. The van der Waals surface area contributed by atoms with Crippen molar-refractivity contribution in [1.29, 1.82) is 0 Å². The molecule has 1 heterocycles. The van der Waals surface area contributed by atoms with Gasteiger partial charge in [0.25, 0.3) is 0 Å². The Morgan fingerprint density at radius 2 is 0.894 bits per heavy atom.